The highest BCUT2D eigenvalue weighted by Gasteiger charge is 2.21. The van der Waals surface area contributed by atoms with Gasteiger partial charge in [-0.1, -0.05) is 13.8 Å². The average molecular weight is 290 g/mol. The van der Waals surface area contributed by atoms with E-state index >= 15 is 0 Å². The van der Waals surface area contributed by atoms with Gasteiger partial charge in [0.2, 0.25) is 0 Å². The van der Waals surface area contributed by atoms with E-state index in [4.69, 9.17) is 4.98 Å². The lowest BCUT2D eigenvalue weighted by Crippen LogP contribution is -2.50. The van der Waals surface area contributed by atoms with Crippen LogP contribution in [0.5, 0.6) is 0 Å². The van der Waals surface area contributed by atoms with E-state index in [1.807, 2.05) is 0 Å². The second-order valence-corrected chi connectivity index (χ2v) is 6.78. The van der Waals surface area contributed by atoms with Crippen molar-refractivity contribution in [3.05, 3.63) is 23.4 Å². The lowest BCUT2D eigenvalue weighted by atomic mass is 10.1. The Balaban J connectivity index is 2.04. The Labute approximate surface area is 129 Å². The van der Waals surface area contributed by atoms with Gasteiger partial charge in [-0.05, 0) is 51.1 Å². The zero-order valence-corrected chi connectivity index (χ0v) is 14.2. The molecule has 0 spiro atoms. The van der Waals surface area contributed by atoms with Crippen LogP contribution in [0.25, 0.3) is 0 Å². The van der Waals surface area contributed by atoms with E-state index in [1.54, 1.807) is 0 Å². The number of rotatable bonds is 5. The summed E-state index contributed by atoms with van der Waals surface area (Å²) in [6.45, 7) is 14.1. The Bertz CT molecular complexity index is 458. The molecule has 0 amide bonds. The Hall–Kier alpha value is -1.13. The highest BCUT2D eigenvalue weighted by molar-refractivity contribution is 5.43. The molecule has 0 aromatic carbocycles. The van der Waals surface area contributed by atoms with E-state index in [1.165, 1.54) is 5.56 Å². The first kappa shape index (κ1) is 16.2. The number of aryl methyl sites for hydroxylation is 1. The lowest BCUT2D eigenvalue weighted by molar-refractivity contribution is 0.233. The maximum absolute atomic E-state index is 4.74. The number of hydrogen-bond acceptors (Lipinski definition) is 4. The molecule has 1 aliphatic rings. The van der Waals surface area contributed by atoms with Gasteiger partial charge in [-0.15, -0.1) is 0 Å². The molecule has 4 heteroatoms. The summed E-state index contributed by atoms with van der Waals surface area (Å²) in [5, 5.41) is 3.52. The predicted octanol–water partition coefficient (Wildman–Crippen LogP) is 2.28. The van der Waals surface area contributed by atoms with Crippen molar-refractivity contribution in [1.82, 2.24) is 15.2 Å². The minimum Gasteiger partial charge on any atom is -0.354 e. The molecule has 118 valence electrons. The number of pyridine rings is 1. The molecule has 1 unspecified atom stereocenters. The molecule has 0 radical (unpaired) electrons. The van der Waals surface area contributed by atoms with Gasteiger partial charge in [0.25, 0.3) is 0 Å². The largest absolute Gasteiger partial charge is 0.354 e. The number of hydrogen-bond donors (Lipinski definition) is 1. The Morgan fingerprint density at radius 3 is 2.76 bits per heavy atom. The zero-order valence-electron chi connectivity index (χ0n) is 14.2. The van der Waals surface area contributed by atoms with E-state index in [9.17, 15) is 0 Å². The third-order valence-electron chi connectivity index (χ3n) is 4.17. The van der Waals surface area contributed by atoms with E-state index in [0.29, 0.717) is 12.0 Å². The van der Waals surface area contributed by atoms with Gasteiger partial charge in [0.15, 0.2) is 0 Å². The molecule has 0 saturated carbocycles. The Morgan fingerprint density at radius 1 is 1.33 bits per heavy atom. The summed E-state index contributed by atoms with van der Waals surface area (Å²) in [7, 11) is 2.20. The SMILES string of the molecule is Cc1cc(CNCC(C)C)cc(N2CCN(C)C(C)C2)n1. The third kappa shape index (κ3) is 4.68. The molecular weight excluding hydrogens is 260 g/mol. The van der Waals surface area contributed by atoms with Gasteiger partial charge in [-0.2, -0.15) is 0 Å². The second-order valence-electron chi connectivity index (χ2n) is 6.78. The van der Waals surface area contributed by atoms with Gasteiger partial charge < -0.3 is 15.1 Å². The summed E-state index contributed by atoms with van der Waals surface area (Å²) in [5.74, 6) is 1.82. The third-order valence-corrected chi connectivity index (χ3v) is 4.17. The first-order valence-corrected chi connectivity index (χ1v) is 8.09. The number of nitrogens with one attached hydrogen (secondary N) is 1. The molecule has 1 aromatic heterocycles. The maximum Gasteiger partial charge on any atom is 0.129 e. The highest BCUT2D eigenvalue weighted by atomic mass is 15.3. The molecule has 1 aliphatic heterocycles. The van der Waals surface area contributed by atoms with Gasteiger partial charge in [0.1, 0.15) is 5.82 Å². The molecule has 1 fully saturated rings. The normalized spacial score (nSPS) is 20.3. The van der Waals surface area contributed by atoms with Crippen molar-refractivity contribution < 1.29 is 0 Å². The molecule has 1 saturated heterocycles. The molecular formula is C17H30N4. The number of nitrogens with zero attached hydrogens (tertiary/aromatic N) is 3. The van der Waals surface area contributed by atoms with E-state index in [0.717, 1.165) is 44.2 Å². The fraction of sp³-hybridized carbons (Fsp3) is 0.706. The number of piperazine rings is 1. The summed E-state index contributed by atoms with van der Waals surface area (Å²) in [6, 6.07) is 5.03. The molecule has 1 atom stereocenters. The smallest absolute Gasteiger partial charge is 0.129 e. The summed E-state index contributed by atoms with van der Waals surface area (Å²) in [5.41, 5.74) is 2.45. The fourth-order valence-corrected chi connectivity index (χ4v) is 2.75. The van der Waals surface area contributed by atoms with Gasteiger partial charge in [0.05, 0.1) is 0 Å². The first-order chi connectivity index (χ1) is 9.95. The second kappa shape index (κ2) is 7.23. The first-order valence-electron chi connectivity index (χ1n) is 8.09. The summed E-state index contributed by atoms with van der Waals surface area (Å²) >= 11 is 0. The van der Waals surface area contributed by atoms with E-state index < -0.39 is 0 Å². The van der Waals surface area contributed by atoms with Crippen LogP contribution in [0.2, 0.25) is 0 Å². The van der Waals surface area contributed by atoms with Crippen LogP contribution in [-0.2, 0) is 6.54 Å². The molecule has 0 aliphatic carbocycles. The number of aromatic nitrogens is 1. The van der Waals surface area contributed by atoms with Crippen molar-refractivity contribution >= 4 is 5.82 Å². The van der Waals surface area contributed by atoms with Gasteiger partial charge in [0, 0.05) is 37.9 Å². The van der Waals surface area contributed by atoms with Gasteiger partial charge in [-0.3, -0.25) is 0 Å². The number of likely N-dealkylation sites (N-methyl/N-ethyl adjacent to an activating group) is 1. The number of anilines is 1. The van der Waals surface area contributed by atoms with Crippen LogP contribution in [0.3, 0.4) is 0 Å². The quantitative estimate of drug-likeness (QED) is 0.901. The monoisotopic (exact) mass is 290 g/mol. The Kier molecular flexibility index (Phi) is 5.59. The van der Waals surface area contributed by atoms with Crippen molar-refractivity contribution in [2.75, 3.05) is 38.1 Å². The lowest BCUT2D eigenvalue weighted by Gasteiger charge is -2.38. The molecule has 2 rings (SSSR count). The van der Waals surface area contributed by atoms with Crippen LogP contribution in [0.1, 0.15) is 32.0 Å². The molecule has 1 aromatic rings. The van der Waals surface area contributed by atoms with Crippen molar-refractivity contribution in [3.63, 3.8) is 0 Å². The van der Waals surface area contributed by atoms with Crippen molar-refractivity contribution in [2.45, 2.75) is 40.3 Å². The van der Waals surface area contributed by atoms with Crippen LogP contribution in [-0.4, -0.2) is 49.2 Å². The van der Waals surface area contributed by atoms with Crippen LogP contribution in [0.15, 0.2) is 12.1 Å². The van der Waals surface area contributed by atoms with Crippen molar-refractivity contribution in [1.29, 1.82) is 0 Å². The zero-order chi connectivity index (χ0) is 15.4. The maximum atomic E-state index is 4.74. The predicted molar refractivity (Wildman–Crippen MR) is 89.8 cm³/mol. The minimum absolute atomic E-state index is 0.587. The highest BCUT2D eigenvalue weighted by Crippen LogP contribution is 2.18. The van der Waals surface area contributed by atoms with Crippen molar-refractivity contribution in [3.8, 4) is 0 Å². The van der Waals surface area contributed by atoms with Gasteiger partial charge >= 0.3 is 0 Å². The summed E-state index contributed by atoms with van der Waals surface area (Å²) in [4.78, 5) is 9.57. The molecule has 2 heterocycles. The Morgan fingerprint density at radius 2 is 2.10 bits per heavy atom. The van der Waals surface area contributed by atoms with Crippen LogP contribution < -0.4 is 10.2 Å². The minimum atomic E-state index is 0.587. The average Bonchev–Trinajstić information content (AvgIpc) is 2.41. The standard InChI is InChI=1S/C17H30N4/c1-13(2)10-18-11-16-8-14(3)19-17(9-16)21-7-6-20(5)15(4)12-21/h8-9,13,15,18H,6-7,10-12H2,1-5H3. The van der Waals surface area contributed by atoms with E-state index in [-0.39, 0.29) is 0 Å². The van der Waals surface area contributed by atoms with Crippen LogP contribution in [0.4, 0.5) is 5.82 Å². The fourth-order valence-electron chi connectivity index (χ4n) is 2.75. The van der Waals surface area contributed by atoms with E-state index in [2.05, 4.69) is 62.0 Å². The molecule has 1 N–H and O–H groups in total. The van der Waals surface area contributed by atoms with Gasteiger partial charge in [-0.25, -0.2) is 4.98 Å². The van der Waals surface area contributed by atoms with Crippen LogP contribution in [0, 0.1) is 12.8 Å². The summed E-state index contributed by atoms with van der Waals surface area (Å²) < 4.78 is 0. The molecule has 4 nitrogen and oxygen atoms in total. The van der Waals surface area contributed by atoms with Crippen LogP contribution >= 0.6 is 0 Å². The van der Waals surface area contributed by atoms with Crippen molar-refractivity contribution in [2.24, 2.45) is 5.92 Å². The summed E-state index contributed by atoms with van der Waals surface area (Å²) in [6.07, 6.45) is 0. The molecule has 21 heavy (non-hydrogen) atoms. The topological polar surface area (TPSA) is 31.4 Å². The molecule has 0 bridgehead atoms.